The summed E-state index contributed by atoms with van der Waals surface area (Å²) in [6.07, 6.45) is 10.6. The summed E-state index contributed by atoms with van der Waals surface area (Å²) in [5.41, 5.74) is 0.338. The van der Waals surface area contributed by atoms with Crippen LogP contribution in [0.25, 0.3) is 0 Å². The third-order valence-electron chi connectivity index (χ3n) is 6.03. The Balaban J connectivity index is 1.91. The number of benzene rings is 1. The molecule has 0 heterocycles. The SMILES string of the molecule is CNC(=O)C1(C2CCCC2NS(=O)(=O)C(C)C)C=CC(c2ccccc2)C=C1. The highest BCUT2D eigenvalue weighted by Crippen LogP contribution is 2.46. The average molecular weight is 403 g/mol. The fraction of sp³-hybridized carbons (Fsp3) is 0.500. The molecule has 1 fully saturated rings. The summed E-state index contributed by atoms with van der Waals surface area (Å²) in [4.78, 5) is 13.0. The number of hydrogen-bond donors (Lipinski definition) is 2. The van der Waals surface area contributed by atoms with Gasteiger partial charge in [-0.1, -0.05) is 61.1 Å². The lowest BCUT2D eigenvalue weighted by Crippen LogP contribution is -2.51. The predicted octanol–water partition coefficient (Wildman–Crippen LogP) is 3.13. The molecule has 5 nitrogen and oxygen atoms in total. The van der Waals surface area contributed by atoms with E-state index in [4.69, 9.17) is 0 Å². The van der Waals surface area contributed by atoms with Crippen LogP contribution in [0.3, 0.4) is 0 Å². The Labute approximate surface area is 168 Å². The van der Waals surface area contributed by atoms with Crippen LogP contribution in [0.15, 0.2) is 54.6 Å². The Morgan fingerprint density at radius 2 is 1.75 bits per heavy atom. The van der Waals surface area contributed by atoms with Crippen molar-refractivity contribution < 1.29 is 13.2 Å². The van der Waals surface area contributed by atoms with E-state index >= 15 is 0 Å². The van der Waals surface area contributed by atoms with Crippen LogP contribution in [0.1, 0.15) is 44.6 Å². The fourth-order valence-corrected chi connectivity index (χ4v) is 5.32. The number of rotatable bonds is 6. The van der Waals surface area contributed by atoms with Gasteiger partial charge >= 0.3 is 0 Å². The maximum Gasteiger partial charge on any atom is 0.233 e. The predicted molar refractivity (Wildman–Crippen MR) is 112 cm³/mol. The number of allylic oxidation sites excluding steroid dienone is 2. The molecule has 28 heavy (non-hydrogen) atoms. The number of nitrogens with one attached hydrogen (secondary N) is 2. The van der Waals surface area contributed by atoms with Crippen molar-refractivity contribution in [2.24, 2.45) is 11.3 Å². The second kappa shape index (κ2) is 8.21. The second-order valence-corrected chi connectivity index (χ2v) is 10.3. The zero-order valence-electron chi connectivity index (χ0n) is 16.8. The molecular weight excluding hydrogens is 372 g/mol. The van der Waals surface area contributed by atoms with Crippen molar-refractivity contribution in [2.45, 2.75) is 50.3 Å². The minimum absolute atomic E-state index is 0.0906. The van der Waals surface area contributed by atoms with Crippen molar-refractivity contribution >= 4 is 15.9 Å². The van der Waals surface area contributed by atoms with Gasteiger partial charge in [-0.25, -0.2) is 13.1 Å². The Kier molecular flexibility index (Phi) is 6.10. The summed E-state index contributed by atoms with van der Waals surface area (Å²) in [7, 11) is -1.76. The van der Waals surface area contributed by atoms with Crippen LogP contribution in [-0.4, -0.2) is 32.7 Å². The van der Waals surface area contributed by atoms with Gasteiger partial charge in [0.15, 0.2) is 0 Å². The van der Waals surface area contributed by atoms with Crippen LogP contribution in [0, 0.1) is 11.3 Å². The zero-order chi connectivity index (χ0) is 20.4. The van der Waals surface area contributed by atoms with Crippen LogP contribution >= 0.6 is 0 Å². The third-order valence-corrected chi connectivity index (χ3v) is 7.90. The molecule has 0 bridgehead atoms. The van der Waals surface area contributed by atoms with Gasteiger partial charge in [0.1, 0.15) is 0 Å². The Morgan fingerprint density at radius 1 is 1.11 bits per heavy atom. The van der Waals surface area contributed by atoms with Crippen molar-refractivity contribution in [1.29, 1.82) is 0 Å². The monoisotopic (exact) mass is 402 g/mol. The van der Waals surface area contributed by atoms with Crippen molar-refractivity contribution in [3.05, 3.63) is 60.2 Å². The third kappa shape index (κ3) is 3.94. The molecule has 0 saturated heterocycles. The normalized spacial score (nSPS) is 29.9. The van der Waals surface area contributed by atoms with Crippen molar-refractivity contribution in [2.75, 3.05) is 7.05 Å². The van der Waals surface area contributed by atoms with E-state index in [1.54, 1.807) is 20.9 Å². The van der Waals surface area contributed by atoms with E-state index in [9.17, 15) is 13.2 Å². The first-order valence-electron chi connectivity index (χ1n) is 9.97. The molecule has 0 radical (unpaired) electrons. The minimum Gasteiger partial charge on any atom is -0.358 e. The molecule has 2 N–H and O–H groups in total. The molecule has 3 rings (SSSR count). The molecule has 2 unspecified atom stereocenters. The van der Waals surface area contributed by atoms with E-state index in [2.05, 4.69) is 34.3 Å². The average Bonchev–Trinajstić information content (AvgIpc) is 3.16. The first kappa shape index (κ1) is 20.8. The molecule has 0 aliphatic heterocycles. The van der Waals surface area contributed by atoms with Crippen molar-refractivity contribution in [3.8, 4) is 0 Å². The molecule has 2 aliphatic rings. The summed E-state index contributed by atoms with van der Waals surface area (Å²) in [6.45, 7) is 3.34. The van der Waals surface area contributed by atoms with Gasteiger partial charge in [0.25, 0.3) is 0 Å². The Morgan fingerprint density at radius 3 is 2.32 bits per heavy atom. The van der Waals surface area contributed by atoms with Gasteiger partial charge in [0.05, 0.1) is 10.7 Å². The molecule has 2 aliphatic carbocycles. The fourth-order valence-electron chi connectivity index (χ4n) is 4.35. The van der Waals surface area contributed by atoms with Gasteiger partial charge in [0.2, 0.25) is 15.9 Å². The summed E-state index contributed by atoms with van der Waals surface area (Å²) >= 11 is 0. The molecule has 1 aromatic rings. The largest absolute Gasteiger partial charge is 0.358 e. The number of amides is 1. The first-order chi connectivity index (χ1) is 13.3. The van der Waals surface area contributed by atoms with Gasteiger partial charge in [0, 0.05) is 19.0 Å². The van der Waals surface area contributed by atoms with Crippen LogP contribution in [0.2, 0.25) is 0 Å². The summed E-state index contributed by atoms with van der Waals surface area (Å²) < 4.78 is 27.8. The van der Waals surface area contributed by atoms with E-state index in [-0.39, 0.29) is 23.8 Å². The van der Waals surface area contributed by atoms with E-state index in [1.807, 2.05) is 30.4 Å². The Hall–Kier alpha value is -1.92. The van der Waals surface area contributed by atoms with Gasteiger partial charge in [-0.2, -0.15) is 0 Å². The number of sulfonamides is 1. The molecule has 1 saturated carbocycles. The molecule has 2 atom stereocenters. The molecule has 0 spiro atoms. The molecule has 152 valence electrons. The highest BCUT2D eigenvalue weighted by Gasteiger charge is 2.48. The standard InChI is InChI=1S/C22H30N2O3S/c1-16(2)28(26,27)24-20-11-7-10-19(20)22(21(25)23-3)14-12-18(13-15-22)17-8-5-4-6-9-17/h4-6,8-9,12-16,18-20,24H,7,10-11H2,1-3H3,(H,23,25). The summed E-state index contributed by atoms with van der Waals surface area (Å²) in [5, 5.41) is 2.30. The lowest BCUT2D eigenvalue weighted by atomic mass is 9.68. The topological polar surface area (TPSA) is 75.3 Å². The zero-order valence-corrected chi connectivity index (χ0v) is 17.6. The van der Waals surface area contributed by atoms with E-state index in [0.717, 1.165) is 19.3 Å². The van der Waals surface area contributed by atoms with Crippen LogP contribution in [0.4, 0.5) is 0 Å². The molecule has 6 heteroatoms. The summed E-state index contributed by atoms with van der Waals surface area (Å²) in [5.74, 6) is -0.0801. The highest BCUT2D eigenvalue weighted by molar-refractivity contribution is 7.90. The molecule has 1 amide bonds. The van der Waals surface area contributed by atoms with Gasteiger partial charge < -0.3 is 5.32 Å². The molecule has 0 aromatic heterocycles. The maximum absolute atomic E-state index is 13.0. The highest BCUT2D eigenvalue weighted by atomic mass is 32.2. The number of hydrogen-bond acceptors (Lipinski definition) is 3. The van der Waals surface area contributed by atoms with E-state index in [0.29, 0.717) is 0 Å². The lowest BCUT2D eigenvalue weighted by Gasteiger charge is -2.38. The maximum atomic E-state index is 13.0. The van der Waals surface area contributed by atoms with Gasteiger partial charge in [-0.05, 0) is 38.2 Å². The van der Waals surface area contributed by atoms with Gasteiger partial charge in [-0.15, -0.1) is 0 Å². The van der Waals surface area contributed by atoms with E-state index in [1.165, 1.54) is 5.56 Å². The minimum atomic E-state index is -3.40. The van der Waals surface area contributed by atoms with Crippen LogP contribution in [0.5, 0.6) is 0 Å². The van der Waals surface area contributed by atoms with Crippen LogP contribution < -0.4 is 10.0 Å². The summed E-state index contributed by atoms with van der Waals surface area (Å²) in [6, 6.07) is 9.89. The smallest absolute Gasteiger partial charge is 0.233 e. The quantitative estimate of drug-likeness (QED) is 0.718. The molecular formula is C22H30N2O3S. The second-order valence-electron chi connectivity index (χ2n) is 8.02. The number of carbonyl (C=O) groups excluding carboxylic acids is 1. The number of carbonyl (C=O) groups is 1. The van der Waals surface area contributed by atoms with Gasteiger partial charge in [-0.3, -0.25) is 4.79 Å². The molecule has 1 aromatic carbocycles. The Bertz CT molecular complexity index is 845. The van der Waals surface area contributed by atoms with Crippen LogP contribution in [-0.2, 0) is 14.8 Å². The van der Waals surface area contributed by atoms with E-state index < -0.39 is 20.7 Å². The van der Waals surface area contributed by atoms with Crippen molar-refractivity contribution in [1.82, 2.24) is 10.0 Å². The first-order valence-corrected chi connectivity index (χ1v) is 11.5. The van der Waals surface area contributed by atoms with Crippen molar-refractivity contribution in [3.63, 3.8) is 0 Å². The lowest BCUT2D eigenvalue weighted by molar-refractivity contribution is -0.128.